The third kappa shape index (κ3) is 12.8. The molecule has 69 heavy (non-hydrogen) atoms. The highest BCUT2D eigenvalue weighted by Crippen LogP contribution is 2.50. The first-order valence-corrected chi connectivity index (χ1v) is 27.4. The molecule has 14 nitrogen and oxygen atoms in total. The predicted molar refractivity (Wildman–Crippen MR) is 278 cm³/mol. The Bertz CT molecular complexity index is 2070. The summed E-state index contributed by atoms with van der Waals surface area (Å²) in [6.07, 6.45) is 7.23. The molecule has 1 aromatic heterocycles. The minimum absolute atomic E-state index is 0.0602. The minimum atomic E-state index is -1.33. The van der Waals surface area contributed by atoms with Crippen LogP contribution in [0.5, 0.6) is 11.5 Å². The summed E-state index contributed by atoms with van der Waals surface area (Å²) in [5, 5.41) is 0.0768. The first kappa shape index (κ1) is 56.1. The van der Waals surface area contributed by atoms with E-state index in [1.807, 2.05) is 73.8 Å². The number of Topliss-reactive ketones (excluding diaryl/α,β-unsaturated/α-hetero) is 1. The molecule has 1 aliphatic carbocycles. The highest BCUT2D eigenvalue weighted by Gasteiger charge is 2.61. The normalized spacial score (nSPS) is 35.0. The molecule has 6 rings (SSSR count). The SMILES string of the molecule is COc1ccc(N(CCS[C@@H]2C(=O)O[C@@]3(C)[C@H]2[C@@H](C)C(=O)[C@H](C)C[C@@](C)(OC)[C@H](O[C@@H]2O[C@H](C)C[C@@H](OC)[C@@H]2N(C)C)[C@@H](C)C[C@@H](C)C(=O)O[C@@H]3I)Cc2c(Cl)cncc2Cl)cc1OC1CCCC1. The monoisotopic (exact) mass is 1130 g/mol. The zero-order valence-corrected chi connectivity index (χ0v) is 46.8. The van der Waals surface area contributed by atoms with Crippen molar-refractivity contribution in [3.8, 4) is 11.5 Å². The van der Waals surface area contributed by atoms with Crippen LogP contribution in [0.3, 0.4) is 0 Å². The molecule has 0 spiro atoms. The van der Waals surface area contributed by atoms with Crippen LogP contribution in [0.1, 0.15) is 99.0 Å². The molecule has 18 heteroatoms. The number of hydrogen-bond acceptors (Lipinski definition) is 15. The maximum Gasteiger partial charge on any atom is 0.320 e. The summed E-state index contributed by atoms with van der Waals surface area (Å²) < 4.78 is 49.9. The Balaban J connectivity index is 1.31. The quantitative estimate of drug-likeness (QED) is 0.0947. The number of ether oxygens (including phenoxy) is 8. The molecule has 4 aliphatic rings. The van der Waals surface area contributed by atoms with Crippen molar-refractivity contribution in [1.29, 1.82) is 0 Å². The summed E-state index contributed by atoms with van der Waals surface area (Å²) >= 11 is 16.9. The first-order chi connectivity index (χ1) is 32.7. The number of alkyl halides is 1. The number of likely N-dealkylation sites (N-methyl/N-ethyl adjacent to an activating group) is 1. The number of fused-ring (bicyclic) bond motifs is 1. The fraction of sp³-hybridized carbons (Fsp3) is 0.725. The zero-order chi connectivity index (χ0) is 50.5. The molecule has 4 fully saturated rings. The van der Waals surface area contributed by atoms with Gasteiger partial charge in [-0.3, -0.25) is 24.3 Å². The first-order valence-electron chi connectivity index (χ1n) is 24.3. The van der Waals surface area contributed by atoms with Gasteiger partial charge in [0.2, 0.25) is 0 Å². The van der Waals surface area contributed by atoms with Crippen molar-refractivity contribution in [1.82, 2.24) is 9.88 Å². The van der Waals surface area contributed by atoms with E-state index in [0.717, 1.165) is 31.4 Å². The molecule has 0 amide bonds. The van der Waals surface area contributed by atoms with Gasteiger partial charge >= 0.3 is 11.9 Å². The molecular weight excluding hydrogens is 1060 g/mol. The van der Waals surface area contributed by atoms with E-state index in [4.69, 9.17) is 61.1 Å². The van der Waals surface area contributed by atoms with Gasteiger partial charge in [0.1, 0.15) is 11.0 Å². The molecule has 0 bridgehead atoms. The van der Waals surface area contributed by atoms with Gasteiger partial charge in [0.05, 0.1) is 59.1 Å². The van der Waals surface area contributed by atoms with Crippen LogP contribution < -0.4 is 14.4 Å². The Hall–Kier alpha value is -2.16. The van der Waals surface area contributed by atoms with Crippen molar-refractivity contribution in [2.24, 2.45) is 29.6 Å². The van der Waals surface area contributed by atoms with Crippen LogP contribution in [0.15, 0.2) is 30.6 Å². The van der Waals surface area contributed by atoms with E-state index in [2.05, 4.69) is 37.4 Å². The number of benzene rings is 1. The molecule has 3 aliphatic heterocycles. The second kappa shape index (κ2) is 24.2. The molecule has 1 saturated carbocycles. The number of pyridine rings is 1. The standard InChI is InChI=1S/C51H74Cl2IN3O11S/c1-28-21-29(2)46(59)67-49(54)51(7)41(32(5)43(58)30(3)24-50(6,63-12)45(28)66-48-42(56(8)9)40(62-11)22-31(4)64-48)44(47(60)68-51)69-20-19-57(27-35-36(52)25-55-26-37(35)53)33-17-18-38(61-10)39(23-33)65-34-15-13-14-16-34/h17-18,23,25-26,28-32,34,40-42,44-45,48-49H,13-16,19-22,24,27H2,1-12H3/t28-,29+,30+,31+,32+,40+,41-,42-,44-,45+,48-,49-,50+,51-/m0/s1. The summed E-state index contributed by atoms with van der Waals surface area (Å²) in [4.78, 5) is 51.9. The lowest BCUT2D eigenvalue weighted by atomic mass is 9.72. The number of ketones is 1. The van der Waals surface area contributed by atoms with Crippen LogP contribution in [0.4, 0.5) is 5.69 Å². The van der Waals surface area contributed by atoms with Gasteiger partial charge in [0.15, 0.2) is 27.5 Å². The molecule has 386 valence electrons. The van der Waals surface area contributed by atoms with Crippen molar-refractivity contribution in [2.45, 2.75) is 157 Å². The molecule has 14 atom stereocenters. The number of rotatable bonds is 15. The van der Waals surface area contributed by atoms with Gasteiger partial charge < -0.3 is 42.8 Å². The van der Waals surface area contributed by atoms with E-state index in [1.165, 1.54) is 11.8 Å². The Morgan fingerprint density at radius 1 is 0.928 bits per heavy atom. The number of cyclic esters (lactones) is 1. The summed E-state index contributed by atoms with van der Waals surface area (Å²) in [7, 11) is 8.92. The van der Waals surface area contributed by atoms with E-state index < -0.39 is 68.6 Å². The molecular formula is C51H74Cl2IN3O11S. The van der Waals surface area contributed by atoms with Gasteiger partial charge in [-0.1, -0.05) is 50.9 Å². The van der Waals surface area contributed by atoms with Crippen LogP contribution >= 0.6 is 57.6 Å². The van der Waals surface area contributed by atoms with Crippen LogP contribution in [-0.4, -0.2) is 133 Å². The number of carbonyl (C=O) groups is 3. The number of aromatic nitrogens is 1. The minimum Gasteiger partial charge on any atom is -0.493 e. The molecule has 1 aromatic carbocycles. The van der Waals surface area contributed by atoms with Crippen LogP contribution in [0.2, 0.25) is 10.0 Å². The molecule has 0 unspecified atom stereocenters. The maximum absolute atomic E-state index is 15.1. The Labute approximate surface area is 437 Å². The molecule has 3 saturated heterocycles. The van der Waals surface area contributed by atoms with Gasteiger partial charge in [-0.15, -0.1) is 11.8 Å². The van der Waals surface area contributed by atoms with E-state index >= 15 is 4.79 Å². The number of thioether (sulfide) groups is 1. The molecule has 0 N–H and O–H groups in total. The second-order valence-electron chi connectivity index (χ2n) is 20.3. The third-order valence-electron chi connectivity index (χ3n) is 14.9. The number of esters is 2. The lowest BCUT2D eigenvalue weighted by Gasteiger charge is -2.48. The zero-order valence-electron chi connectivity index (χ0n) is 42.3. The van der Waals surface area contributed by atoms with E-state index in [-0.39, 0.29) is 36.1 Å². The highest BCUT2D eigenvalue weighted by atomic mass is 127. The van der Waals surface area contributed by atoms with Gasteiger partial charge in [-0.25, -0.2) is 0 Å². The van der Waals surface area contributed by atoms with Gasteiger partial charge in [-0.05, 0) is 114 Å². The number of nitrogens with zero attached hydrogens (tertiary/aromatic N) is 3. The number of halogens is 3. The lowest BCUT2D eigenvalue weighted by Crippen LogP contribution is -2.60. The topological polar surface area (TPSA) is 144 Å². The van der Waals surface area contributed by atoms with Crippen molar-refractivity contribution < 1.29 is 52.3 Å². The molecule has 0 radical (unpaired) electrons. The highest BCUT2D eigenvalue weighted by molar-refractivity contribution is 14.1. The largest absolute Gasteiger partial charge is 0.493 e. The summed E-state index contributed by atoms with van der Waals surface area (Å²) in [5.74, 6) is -1.97. The van der Waals surface area contributed by atoms with E-state index in [1.54, 1.807) is 40.6 Å². The summed E-state index contributed by atoms with van der Waals surface area (Å²) in [6.45, 7) is 14.2. The Morgan fingerprint density at radius 3 is 2.23 bits per heavy atom. The van der Waals surface area contributed by atoms with Crippen LogP contribution in [0.25, 0.3) is 0 Å². The van der Waals surface area contributed by atoms with Crippen molar-refractivity contribution in [2.75, 3.05) is 52.6 Å². The van der Waals surface area contributed by atoms with E-state index in [0.29, 0.717) is 65.2 Å². The number of hydrogen-bond donors (Lipinski definition) is 0. The molecule has 4 heterocycles. The fourth-order valence-electron chi connectivity index (χ4n) is 11.1. The second-order valence-corrected chi connectivity index (χ2v) is 23.5. The van der Waals surface area contributed by atoms with E-state index in [9.17, 15) is 9.59 Å². The maximum atomic E-state index is 15.1. The fourth-order valence-corrected chi connectivity index (χ4v) is 13.9. The van der Waals surface area contributed by atoms with Gasteiger partial charge in [-0.2, -0.15) is 0 Å². The number of carbonyl (C=O) groups excluding carboxylic acids is 3. The van der Waals surface area contributed by atoms with Gasteiger partial charge in [0, 0.05) is 86.9 Å². The Kier molecular flexibility index (Phi) is 19.7. The number of methoxy groups -OCH3 is 3. The average Bonchev–Trinajstić information content (AvgIpc) is 3.91. The summed E-state index contributed by atoms with van der Waals surface area (Å²) in [5.41, 5.74) is -0.802. The number of anilines is 1. The molecule has 2 aromatic rings. The summed E-state index contributed by atoms with van der Waals surface area (Å²) in [6, 6.07) is 5.61. The van der Waals surface area contributed by atoms with Crippen LogP contribution in [-0.2, 0) is 49.3 Å². The van der Waals surface area contributed by atoms with Crippen LogP contribution in [0, 0.1) is 29.6 Å². The Morgan fingerprint density at radius 2 is 1.61 bits per heavy atom. The lowest BCUT2D eigenvalue weighted by molar-refractivity contribution is -0.292. The van der Waals surface area contributed by atoms with Gasteiger partial charge in [0.25, 0.3) is 0 Å². The van der Waals surface area contributed by atoms with Crippen molar-refractivity contribution >= 4 is 81.0 Å². The van der Waals surface area contributed by atoms with Crippen molar-refractivity contribution in [3.05, 3.63) is 46.2 Å². The average molecular weight is 1140 g/mol. The van der Waals surface area contributed by atoms with Crippen molar-refractivity contribution in [3.63, 3.8) is 0 Å². The predicted octanol–water partition coefficient (Wildman–Crippen LogP) is 9.84. The third-order valence-corrected chi connectivity index (χ3v) is 18.4. The smallest absolute Gasteiger partial charge is 0.320 e.